The van der Waals surface area contributed by atoms with E-state index < -0.39 is 6.29 Å². The van der Waals surface area contributed by atoms with Gasteiger partial charge in [0.1, 0.15) is 11.5 Å². The third-order valence-corrected chi connectivity index (χ3v) is 8.78. The quantitative estimate of drug-likeness (QED) is 0.153. The van der Waals surface area contributed by atoms with Crippen molar-refractivity contribution in [2.45, 2.75) is 50.9 Å². The molecule has 0 unspecified atom stereocenters. The minimum Gasteiger partial charge on any atom is -0.457 e. The minimum absolute atomic E-state index is 0.0123. The highest BCUT2D eigenvalue weighted by molar-refractivity contribution is 5.99. The Bertz CT molecular complexity index is 1550. The topological polar surface area (TPSA) is 113 Å². The zero-order chi connectivity index (χ0) is 31.9. The van der Waals surface area contributed by atoms with Crippen LogP contribution in [0.5, 0.6) is 11.5 Å². The number of amides is 2. The maximum absolute atomic E-state index is 12.7. The zero-order valence-corrected chi connectivity index (χ0v) is 25.9. The van der Waals surface area contributed by atoms with Crippen LogP contribution in [0.25, 0.3) is 0 Å². The van der Waals surface area contributed by atoms with Crippen molar-refractivity contribution in [3.8, 4) is 11.5 Å². The molecule has 4 N–H and O–H groups in total. The summed E-state index contributed by atoms with van der Waals surface area (Å²) in [6.07, 6.45) is 1.09. The third kappa shape index (κ3) is 7.75. The summed E-state index contributed by atoms with van der Waals surface area (Å²) in [6, 6.07) is 31.8. The van der Waals surface area contributed by atoms with Crippen LogP contribution in [0.3, 0.4) is 0 Å². The molecule has 9 heteroatoms. The van der Waals surface area contributed by atoms with E-state index >= 15 is 0 Å². The van der Waals surface area contributed by atoms with E-state index in [1.807, 2.05) is 78.9 Å². The number of para-hydroxylation sites is 1. The van der Waals surface area contributed by atoms with Gasteiger partial charge in [-0.1, -0.05) is 61.5 Å². The average molecular weight is 624 g/mol. The van der Waals surface area contributed by atoms with Gasteiger partial charge in [0, 0.05) is 35.4 Å². The number of carbonyl (C=O) groups is 1. The predicted molar refractivity (Wildman–Crippen MR) is 177 cm³/mol. The number of hydrogen-bond donors (Lipinski definition) is 4. The molecule has 0 bridgehead atoms. The van der Waals surface area contributed by atoms with Crippen LogP contribution in [0.2, 0.25) is 0 Å². The van der Waals surface area contributed by atoms with E-state index in [0.29, 0.717) is 23.7 Å². The molecule has 2 heterocycles. The molecule has 240 valence electrons. The standard InChI is InChI=1S/C37H41N3O6/c1-25-34(22-40-21-5-6-31(40)24-42)45-36(46-35(25)27-11-9-26(23-41)10-12-27)28-13-15-29(16-14-28)38-37(43)39-30-17-19-33(20-18-30)44-32-7-3-2-4-8-32/h2-4,7-20,25,31,34-36,41-42H,5-6,21-24H2,1H3,(H2,38,39,43)/t25-,31+,34+,35+,36+/m1/s1. The molecular weight excluding hydrogens is 582 g/mol. The van der Waals surface area contributed by atoms with E-state index in [9.17, 15) is 15.0 Å². The highest BCUT2D eigenvalue weighted by atomic mass is 16.7. The normalized spacial score (nSPS) is 23.2. The lowest BCUT2D eigenvalue weighted by molar-refractivity contribution is -0.276. The van der Waals surface area contributed by atoms with Gasteiger partial charge in [-0.25, -0.2) is 4.79 Å². The summed E-state index contributed by atoms with van der Waals surface area (Å²) in [7, 11) is 0. The molecule has 2 aliphatic heterocycles. The predicted octanol–water partition coefficient (Wildman–Crippen LogP) is 6.86. The average Bonchev–Trinajstić information content (AvgIpc) is 3.54. The van der Waals surface area contributed by atoms with Gasteiger partial charge in [-0.2, -0.15) is 0 Å². The van der Waals surface area contributed by atoms with E-state index in [1.165, 1.54) is 0 Å². The molecule has 2 saturated heterocycles. The number of carbonyl (C=O) groups excluding carboxylic acids is 1. The minimum atomic E-state index is -0.613. The number of rotatable bonds is 10. The van der Waals surface area contributed by atoms with Crippen molar-refractivity contribution in [2.24, 2.45) is 5.92 Å². The van der Waals surface area contributed by atoms with E-state index in [-0.39, 0.29) is 43.4 Å². The molecule has 2 fully saturated rings. The van der Waals surface area contributed by atoms with Crippen LogP contribution in [0.1, 0.15) is 48.8 Å². The summed E-state index contributed by atoms with van der Waals surface area (Å²) in [5.41, 5.74) is 3.98. The van der Waals surface area contributed by atoms with Gasteiger partial charge in [0.25, 0.3) is 0 Å². The number of nitrogens with zero attached hydrogens (tertiary/aromatic N) is 1. The first-order chi connectivity index (χ1) is 22.5. The first kappa shape index (κ1) is 31.7. The lowest BCUT2D eigenvalue weighted by Crippen LogP contribution is -2.46. The maximum Gasteiger partial charge on any atom is 0.323 e. The van der Waals surface area contributed by atoms with Gasteiger partial charge in [0.2, 0.25) is 0 Å². The van der Waals surface area contributed by atoms with Crippen molar-refractivity contribution in [1.82, 2.24) is 4.90 Å². The van der Waals surface area contributed by atoms with Crippen molar-refractivity contribution < 1.29 is 29.2 Å². The number of nitrogens with one attached hydrogen (secondary N) is 2. The van der Waals surface area contributed by atoms with Crippen molar-refractivity contribution in [1.29, 1.82) is 0 Å². The number of anilines is 2. The molecule has 0 aliphatic carbocycles. The van der Waals surface area contributed by atoms with Crippen molar-refractivity contribution in [2.75, 3.05) is 30.3 Å². The van der Waals surface area contributed by atoms with Gasteiger partial charge in [-0.15, -0.1) is 0 Å². The molecular formula is C37H41N3O6. The Balaban J connectivity index is 1.11. The fourth-order valence-electron chi connectivity index (χ4n) is 6.15. The molecule has 4 aromatic rings. The van der Waals surface area contributed by atoms with Crippen LogP contribution in [-0.2, 0) is 16.1 Å². The molecule has 9 nitrogen and oxygen atoms in total. The van der Waals surface area contributed by atoms with E-state index in [1.54, 1.807) is 24.3 Å². The number of hydrogen-bond acceptors (Lipinski definition) is 7. The van der Waals surface area contributed by atoms with Crippen LogP contribution in [0.15, 0.2) is 103 Å². The van der Waals surface area contributed by atoms with Crippen LogP contribution in [0, 0.1) is 5.92 Å². The summed E-state index contributed by atoms with van der Waals surface area (Å²) in [4.78, 5) is 15.1. The number of aliphatic hydroxyl groups excluding tert-OH is 2. The second-order valence-electron chi connectivity index (χ2n) is 11.9. The lowest BCUT2D eigenvalue weighted by Gasteiger charge is -2.43. The van der Waals surface area contributed by atoms with Gasteiger partial charge in [-0.3, -0.25) is 4.90 Å². The van der Waals surface area contributed by atoms with E-state index in [0.717, 1.165) is 41.8 Å². The molecule has 2 aliphatic rings. The third-order valence-electron chi connectivity index (χ3n) is 8.78. The van der Waals surface area contributed by atoms with Gasteiger partial charge in [-0.05, 0) is 79.0 Å². The lowest BCUT2D eigenvalue weighted by atomic mass is 9.90. The Morgan fingerprint density at radius 3 is 2.11 bits per heavy atom. The second kappa shape index (κ2) is 14.9. The molecule has 0 spiro atoms. The number of aliphatic hydroxyl groups is 2. The van der Waals surface area contributed by atoms with Gasteiger partial charge in [0.05, 0.1) is 25.4 Å². The monoisotopic (exact) mass is 623 g/mol. The first-order valence-electron chi connectivity index (χ1n) is 15.9. The van der Waals surface area contributed by atoms with Crippen LogP contribution in [-0.4, -0.2) is 53.0 Å². The summed E-state index contributed by atoms with van der Waals surface area (Å²) < 4.78 is 19.0. The molecule has 46 heavy (non-hydrogen) atoms. The molecule has 0 saturated carbocycles. The highest BCUT2D eigenvalue weighted by Crippen LogP contribution is 2.42. The van der Waals surface area contributed by atoms with Crippen LogP contribution in [0.4, 0.5) is 16.2 Å². The number of benzene rings is 4. The summed E-state index contributed by atoms with van der Waals surface area (Å²) >= 11 is 0. The van der Waals surface area contributed by atoms with Crippen molar-refractivity contribution in [3.63, 3.8) is 0 Å². The molecule has 2 amide bonds. The highest BCUT2D eigenvalue weighted by Gasteiger charge is 2.40. The smallest absolute Gasteiger partial charge is 0.323 e. The zero-order valence-electron chi connectivity index (χ0n) is 25.9. The fourth-order valence-corrected chi connectivity index (χ4v) is 6.15. The number of likely N-dealkylation sites (tertiary alicyclic amines) is 1. The first-order valence-corrected chi connectivity index (χ1v) is 15.9. The molecule has 6 rings (SSSR count). The Hall–Kier alpha value is -4.25. The Kier molecular flexibility index (Phi) is 10.3. The van der Waals surface area contributed by atoms with Crippen molar-refractivity contribution in [3.05, 3.63) is 120 Å². The second-order valence-corrected chi connectivity index (χ2v) is 11.9. The summed E-state index contributed by atoms with van der Waals surface area (Å²) in [5, 5.41) is 25.2. The molecule has 5 atom stereocenters. The number of urea groups is 1. The van der Waals surface area contributed by atoms with Gasteiger partial charge < -0.3 is 35.1 Å². The molecule has 4 aromatic carbocycles. The largest absolute Gasteiger partial charge is 0.457 e. The SMILES string of the molecule is C[C@@H]1[C@H](CN2CCC[C@H]2CO)O[C@H](c2ccc(NC(=O)Nc3ccc(Oc4ccccc4)cc3)cc2)O[C@@H]1c1ccc(CO)cc1. The van der Waals surface area contributed by atoms with E-state index in [2.05, 4.69) is 22.5 Å². The summed E-state index contributed by atoms with van der Waals surface area (Å²) in [6.45, 7) is 3.92. The fraction of sp³-hybridized carbons (Fsp3) is 0.324. The van der Waals surface area contributed by atoms with Crippen LogP contribution < -0.4 is 15.4 Å². The van der Waals surface area contributed by atoms with Crippen molar-refractivity contribution >= 4 is 17.4 Å². The van der Waals surface area contributed by atoms with Gasteiger partial charge >= 0.3 is 6.03 Å². The summed E-state index contributed by atoms with van der Waals surface area (Å²) in [5.74, 6) is 1.47. The number of ether oxygens (including phenoxy) is 3. The Labute approximate surface area is 269 Å². The Morgan fingerprint density at radius 1 is 0.826 bits per heavy atom. The van der Waals surface area contributed by atoms with Crippen LogP contribution >= 0.6 is 0 Å². The van der Waals surface area contributed by atoms with E-state index in [4.69, 9.17) is 14.2 Å². The Morgan fingerprint density at radius 2 is 1.46 bits per heavy atom. The molecule has 0 aromatic heterocycles. The maximum atomic E-state index is 12.7. The van der Waals surface area contributed by atoms with Gasteiger partial charge in [0.15, 0.2) is 6.29 Å². The molecule has 0 radical (unpaired) electrons.